The highest BCUT2D eigenvalue weighted by atomic mass is 79.9. The minimum absolute atomic E-state index is 0.00384. The van der Waals surface area contributed by atoms with Crippen molar-refractivity contribution in [3.8, 4) is 5.75 Å². The number of hydrogen-bond donors (Lipinski definition) is 3. The van der Waals surface area contributed by atoms with E-state index in [0.29, 0.717) is 17.9 Å². The number of benzene rings is 1. The molecule has 7 heteroatoms. The van der Waals surface area contributed by atoms with Crippen molar-refractivity contribution >= 4 is 33.6 Å². The van der Waals surface area contributed by atoms with Crippen LogP contribution in [0.15, 0.2) is 22.7 Å². The Hall–Kier alpha value is -1.76. The largest absolute Gasteiger partial charge is 0.497 e. The van der Waals surface area contributed by atoms with Gasteiger partial charge in [0.1, 0.15) is 5.75 Å². The average molecular weight is 359 g/mol. The van der Waals surface area contributed by atoms with Gasteiger partial charge in [-0.05, 0) is 48.3 Å². The second kappa shape index (κ2) is 7.31. The molecule has 6 nitrogen and oxygen atoms in total. The zero-order valence-corrected chi connectivity index (χ0v) is 13.8. The fraction of sp³-hybridized carbons (Fsp3) is 0.429. The van der Waals surface area contributed by atoms with E-state index in [1.165, 1.54) is 0 Å². The van der Waals surface area contributed by atoms with Crippen LogP contribution in [0.2, 0.25) is 0 Å². The van der Waals surface area contributed by atoms with Crippen LogP contribution in [0.5, 0.6) is 5.75 Å². The van der Waals surface area contributed by atoms with Crippen molar-refractivity contribution in [1.82, 2.24) is 5.32 Å². The molecule has 0 saturated heterocycles. The summed E-state index contributed by atoms with van der Waals surface area (Å²) >= 11 is 3.34. The van der Waals surface area contributed by atoms with Gasteiger partial charge in [-0.3, -0.25) is 4.79 Å². The van der Waals surface area contributed by atoms with Gasteiger partial charge in [-0.25, -0.2) is 4.79 Å². The van der Waals surface area contributed by atoms with E-state index in [-0.39, 0.29) is 6.42 Å². The summed E-state index contributed by atoms with van der Waals surface area (Å²) in [5.41, 5.74) is -0.0470. The number of amides is 2. The Kier molecular flexibility index (Phi) is 6.02. The molecule has 1 aromatic carbocycles. The van der Waals surface area contributed by atoms with Gasteiger partial charge >= 0.3 is 12.0 Å². The second-order valence-electron chi connectivity index (χ2n) is 5.20. The van der Waals surface area contributed by atoms with Crippen molar-refractivity contribution < 1.29 is 19.4 Å². The van der Waals surface area contributed by atoms with Gasteiger partial charge in [-0.15, -0.1) is 0 Å². The number of urea groups is 1. The van der Waals surface area contributed by atoms with Crippen LogP contribution in [-0.4, -0.2) is 29.8 Å². The molecule has 0 unspecified atom stereocenters. The Bertz CT molecular complexity index is 532. The number of carbonyl (C=O) groups is 2. The molecule has 1 rings (SSSR count). The van der Waals surface area contributed by atoms with Crippen LogP contribution in [0.25, 0.3) is 0 Å². The lowest BCUT2D eigenvalue weighted by molar-refractivity contribution is -0.137. The number of carbonyl (C=O) groups excluding carboxylic acids is 1. The number of aliphatic carboxylic acids is 1. The van der Waals surface area contributed by atoms with Gasteiger partial charge in [0.2, 0.25) is 0 Å². The number of hydrogen-bond acceptors (Lipinski definition) is 3. The lowest BCUT2D eigenvalue weighted by Crippen LogP contribution is -2.45. The summed E-state index contributed by atoms with van der Waals surface area (Å²) in [5, 5.41) is 14.1. The van der Waals surface area contributed by atoms with Crippen molar-refractivity contribution in [3.63, 3.8) is 0 Å². The third kappa shape index (κ3) is 6.03. The Labute approximate surface area is 132 Å². The first-order valence-electron chi connectivity index (χ1n) is 6.38. The van der Waals surface area contributed by atoms with Gasteiger partial charge in [0.15, 0.2) is 0 Å². The highest BCUT2D eigenvalue weighted by Gasteiger charge is 2.21. The quantitative estimate of drug-likeness (QED) is 0.728. The number of anilines is 1. The van der Waals surface area contributed by atoms with Crippen molar-refractivity contribution in [2.45, 2.75) is 32.2 Å². The van der Waals surface area contributed by atoms with E-state index in [4.69, 9.17) is 9.84 Å². The molecule has 1 aromatic rings. The van der Waals surface area contributed by atoms with Gasteiger partial charge < -0.3 is 20.5 Å². The summed E-state index contributed by atoms with van der Waals surface area (Å²) in [6.07, 6.45) is 0.338. The van der Waals surface area contributed by atoms with Gasteiger partial charge in [0.05, 0.1) is 12.8 Å². The minimum atomic E-state index is -0.888. The maximum atomic E-state index is 12.0. The fourth-order valence-electron chi connectivity index (χ4n) is 1.67. The standard InChI is InChI=1S/C14H19BrN2O4/c1-14(2,7-6-12(18)19)17-13(20)16-11-8-9(21-3)4-5-10(11)15/h4-5,8H,6-7H2,1-3H3,(H,18,19)(H2,16,17,20). The highest BCUT2D eigenvalue weighted by molar-refractivity contribution is 9.10. The summed E-state index contributed by atoms with van der Waals surface area (Å²) in [7, 11) is 1.54. The Morgan fingerprint density at radius 2 is 2.05 bits per heavy atom. The number of halogens is 1. The van der Waals surface area contributed by atoms with Crippen LogP contribution < -0.4 is 15.4 Å². The predicted molar refractivity (Wildman–Crippen MR) is 83.8 cm³/mol. The lowest BCUT2D eigenvalue weighted by atomic mass is 9.99. The van der Waals surface area contributed by atoms with E-state index >= 15 is 0 Å². The molecule has 0 heterocycles. The Balaban J connectivity index is 2.66. The van der Waals surface area contributed by atoms with E-state index in [0.717, 1.165) is 4.47 Å². The summed E-state index contributed by atoms with van der Waals surface area (Å²) in [6.45, 7) is 3.55. The smallest absolute Gasteiger partial charge is 0.319 e. The number of ether oxygens (including phenoxy) is 1. The molecule has 0 aliphatic carbocycles. The van der Waals surface area contributed by atoms with Crippen molar-refractivity contribution in [3.05, 3.63) is 22.7 Å². The minimum Gasteiger partial charge on any atom is -0.497 e. The number of rotatable bonds is 6. The van der Waals surface area contributed by atoms with E-state index in [2.05, 4.69) is 26.6 Å². The normalized spacial score (nSPS) is 10.9. The van der Waals surface area contributed by atoms with Crippen LogP contribution in [0, 0.1) is 0 Å². The van der Waals surface area contributed by atoms with E-state index in [1.807, 2.05) is 0 Å². The van der Waals surface area contributed by atoms with Crippen LogP contribution in [0.4, 0.5) is 10.5 Å². The molecular weight excluding hydrogens is 340 g/mol. The molecule has 0 saturated carbocycles. The number of nitrogens with one attached hydrogen (secondary N) is 2. The molecule has 21 heavy (non-hydrogen) atoms. The van der Waals surface area contributed by atoms with Gasteiger partial charge in [0.25, 0.3) is 0 Å². The fourth-order valence-corrected chi connectivity index (χ4v) is 2.02. The molecule has 0 aromatic heterocycles. The third-order valence-corrected chi connectivity index (χ3v) is 3.53. The first kappa shape index (κ1) is 17.3. The first-order chi connectivity index (χ1) is 9.73. The van der Waals surface area contributed by atoms with Crippen molar-refractivity contribution in [1.29, 1.82) is 0 Å². The molecule has 0 aliphatic heterocycles. The average Bonchev–Trinajstić information content (AvgIpc) is 2.38. The topological polar surface area (TPSA) is 87.7 Å². The van der Waals surface area contributed by atoms with Gasteiger partial charge in [-0.1, -0.05) is 0 Å². The summed E-state index contributed by atoms with van der Waals surface area (Å²) in [6, 6.07) is 4.82. The highest BCUT2D eigenvalue weighted by Crippen LogP contribution is 2.27. The molecule has 0 spiro atoms. The predicted octanol–water partition coefficient (Wildman–Crippen LogP) is 3.22. The summed E-state index contributed by atoms with van der Waals surface area (Å²) in [5.74, 6) is -0.264. The molecule has 0 atom stereocenters. The maximum absolute atomic E-state index is 12.0. The molecular formula is C14H19BrN2O4. The monoisotopic (exact) mass is 358 g/mol. The molecule has 0 radical (unpaired) electrons. The molecule has 116 valence electrons. The molecule has 0 fully saturated rings. The number of carboxylic acid groups (broad SMARTS) is 1. The summed E-state index contributed by atoms with van der Waals surface area (Å²) < 4.78 is 5.82. The van der Waals surface area contributed by atoms with Gasteiger partial charge in [-0.2, -0.15) is 0 Å². The van der Waals surface area contributed by atoms with Crippen LogP contribution in [0.3, 0.4) is 0 Å². The van der Waals surface area contributed by atoms with Gasteiger partial charge in [0, 0.05) is 22.5 Å². The van der Waals surface area contributed by atoms with Crippen molar-refractivity contribution in [2.75, 3.05) is 12.4 Å². The third-order valence-electron chi connectivity index (χ3n) is 2.84. The second-order valence-corrected chi connectivity index (χ2v) is 6.06. The molecule has 2 amide bonds. The first-order valence-corrected chi connectivity index (χ1v) is 7.17. The van der Waals surface area contributed by atoms with E-state index < -0.39 is 17.5 Å². The van der Waals surface area contributed by atoms with Crippen molar-refractivity contribution in [2.24, 2.45) is 0 Å². The van der Waals surface area contributed by atoms with E-state index in [9.17, 15) is 9.59 Å². The Morgan fingerprint density at radius 1 is 1.38 bits per heavy atom. The molecule has 0 aliphatic rings. The molecule has 3 N–H and O–H groups in total. The van der Waals surface area contributed by atoms with Crippen LogP contribution in [0.1, 0.15) is 26.7 Å². The zero-order chi connectivity index (χ0) is 16.0. The molecule has 0 bridgehead atoms. The SMILES string of the molecule is COc1ccc(Br)c(NC(=O)NC(C)(C)CCC(=O)O)c1. The number of carboxylic acids is 1. The zero-order valence-electron chi connectivity index (χ0n) is 12.2. The number of methoxy groups -OCH3 is 1. The van der Waals surface area contributed by atoms with Crippen LogP contribution in [-0.2, 0) is 4.79 Å². The van der Waals surface area contributed by atoms with E-state index in [1.54, 1.807) is 39.2 Å². The Morgan fingerprint density at radius 3 is 2.62 bits per heavy atom. The maximum Gasteiger partial charge on any atom is 0.319 e. The summed E-state index contributed by atoms with van der Waals surface area (Å²) in [4.78, 5) is 22.6. The lowest BCUT2D eigenvalue weighted by Gasteiger charge is -2.26. The van der Waals surface area contributed by atoms with Crippen LogP contribution >= 0.6 is 15.9 Å².